The molecule has 1 spiro atoms. The molecule has 0 radical (unpaired) electrons. The summed E-state index contributed by atoms with van der Waals surface area (Å²) in [4.78, 5) is 23.6. The number of carbonyl (C=O) groups excluding carboxylic acids is 1. The van der Waals surface area contributed by atoms with E-state index in [1.165, 1.54) is 0 Å². The molecule has 1 saturated carbocycles. The zero-order valence-electron chi connectivity index (χ0n) is 17.4. The third-order valence-electron chi connectivity index (χ3n) is 6.74. The van der Waals surface area contributed by atoms with Crippen LogP contribution in [0.15, 0.2) is 36.7 Å². The molecule has 5 rings (SSSR count). The molecule has 0 unspecified atom stereocenters. The van der Waals surface area contributed by atoms with Crippen molar-refractivity contribution in [2.75, 3.05) is 31.6 Å². The van der Waals surface area contributed by atoms with E-state index >= 15 is 0 Å². The normalized spacial score (nSPS) is 18.4. The first kappa shape index (κ1) is 19.2. The van der Waals surface area contributed by atoms with E-state index in [1.54, 1.807) is 6.20 Å². The lowest BCUT2D eigenvalue weighted by atomic mass is 9.57. The molecule has 1 aromatic carbocycles. The zero-order valence-corrected chi connectivity index (χ0v) is 17.4. The Hall–Kier alpha value is -2.80. The maximum Gasteiger partial charge on any atom is 0.228 e. The van der Waals surface area contributed by atoms with E-state index in [-0.39, 0.29) is 23.9 Å². The number of alkyl halides is 1. The second-order valence-electron chi connectivity index (χ2n) is 8.88. The first-order valence-electron chi connectivity index (χ1n) is 10.4. The van der Waals surface area contributed by atoms with Gasteiger partial charge in [-0.25, -0.2) is 14.4 Å². The van der Waals surface area contributed by atoms with Crippen LogP contribution in [0.25, 0.3) is 22.0 Å². The van der Waals surface area contributed by atoms with Crippen molar-refractivity contribution in [2.24, 2.45) is 18.4 Å². The lowest BCUT2D eigenvalue weighted by Gasteiger charge is -2.58. The van der Waals surface area contributed by atoms with Crippen molar-refractivity contribution in [2.45, 2.75) is 19.8 Å². The van der Waals surface area contributed by atoms with Crippen molar-refractivity contribution >= 4 is 22.5 Å². The predicted octanol–water partition coefficient (Wildman–Crippen LogP) is 3.56. The number of hydrogen-bond acceptors (Lipinski definition) is 4. The monoisotopic (exact) mass is 407 g/mol. The molecule has 2 aromatic heterocycles. The van der Waals surface area contributed by atoms with Crippen LogP contribution in [0.3, 0.4) is 0 Å². The number of imidazole rings is 1. The van der Waals surface area contributed by atoms with Crippen molar-refractivity contribution in [1.82, 2.24) is 19.4 Å². The summed E-state index contributed by atoms with van der Waals surface area (Å²) in [7, 11) is 2.00. The van der Waals surface area contributed by atoms with Crippen LogP contribution in [0.5, 0.6) is 0 Å². The molecule has 2 aliphatic rings. The second-order valence-corrected chi connectivity index (χ2v) is 8.88. The van der Waals surface area contributed by atoms with Crippen LogP contribution in [0.1, 0.15) is 18.7 Å². The van der Waals surface area contributed by atoms with Crippen LogP contribution < -0.4 is 5.32 Å². The van der Waals surface area contributed by atoms with Crippen LogP contribution in [0, 0.1) is 18.3 Å². The Kier molecular flexibility index (Phi) is 4.58. The Labute approximate surface area is 175 Å². The van der Waals surface area contributed by atoms with Gasteiger partial charge >= 0.3 is 0 Å². The van der Waals surface area contributed by atoms with Crippen LogP contribution in [-0.2, 0) is 11.8 Å². The molecule has 3 aromatic rings. The van der Waals surface area contributed by atoms with Crippen LogP contribution in [0.2, 0.25) is 0 Å². The van der Waals surface area contributed by atoms with Gasteiger partial charge in [-0.2, -0.15) is 0 Å². The standard InChI is InChI=1S/C23H26FN5O/c1-15-25-12-20(28(15)2)16-3-4-17-11-26-21(8-18(17)7-16)27-22(30)19-9-23(10-19)13-29(14-23)6-5-24/h3-4,7-8,11-12,19H,5-6,9-10,13-14H2,1-2H3,(H,26,27,30). The lowest BCUT2D eigenvalue weighted by Crippen LogP contribution is -2.63. The summed E-state index contributed by atoms with van der Waals surface area (Å²) >= 11 is 0. The summed E-state index contributed by atoms with van der Waals surface area (Å²) in [5.74, 6) is 1.61. The van der Waals surface area contributed by atoms with Gasteiger partial charge in [0.1, 0.15) is 18.3 Å². The van der Waals surface area contributed by atoms with Gasteiger partial charge in [0.05, 0.1) is 11.9 Å². The van der Waals surface area contributed by atoms with E-state index in [1.807, 2.05) is 32.3 Å². The fourth-order valence-corrected chi connectivity index (χ4v) is 4.98. The molecule has 3 heterocycles. The molecule has 0 bridgehead atoms. The minimum absolute atomic E-state index is 0.0266. The summed E-state index contributed by atoms with van der Waals surface area (Å²) in [6, 6.07) is 8.15. The van der Waals surface area contributed by atoms with Crippen molar-refractivity contribution in [1.29, 1.82) is 0 Å². The molecule has 156 valence electrons. The minimum Gasteiger partial charge on any atom is -0.331 e. The highest BCUT2D eigenvalue weighted by molar-refractivity contribution is 5.95. The van der Waals surface area contributed by atoms with Gasteiger partial charge in [-0.1, -0.05) is 12.1 Å². The number of benzene rings is 1. The molecule has 1 aliphatic carbocycles. The highest BCUT2D eigenvalue weighted by atomic mass is 19.1. The van der Waals surface area contributed by atoms with Gasteiger partial charge in [-0.05, 0) is 42.7 Å². The number of rotatable bonds is 5. The van der Waals surface area contributed by atoms with Gasteiger partial charge in [-0.15, -0.1) is 0 Å². The molecule has 0 atom stereocenters. The maximum absolute atomic E-state index is 12.7. The number of hydrogen-bond donors (Lipinski definition) is 1. The summed E-state index contributed by atoms with van der Waals surface area (Å²) in [6.45, 7) is 4.04. The van der Waals surface area contributed by atoms with E-state index in [4.69, 9.17) is 0 Å². The number of nitrogens with zero attached hydrogens (tertiary/aromatic N) is 4. The Morgan fingerprint density at radius 3 is 2.70 bits per heavy atom. The van der Waals surface area contributed by atoms with Gasteiger partial charge in [0.25, 0.3) is 0 Å². The van der Waals surface area contributed by atoms with Gasteiger partial charge < -0.3 is 9.88 Å². The van der Waals surface area contributed by atoms with Crippen LogP contribution in [0.4, 0.5) is 10.2 Å². The summed E-state index contributed by atoms with van der Waals surface area (Å²) in [6.07, 6.45) is 5.45. The predicted molar refractivity (Wildman–Crippen MR) is 115 cm³/mol. The number of aryl methyl sites for hydroxylation is 1. The van der Waals surface area contributed by atoms with E-state index in [9.17, 15) is 9.18 Å². The molecule has 1 amide bonds. The number of aromatic nitrogens is 3. The maximum atomic E-state index is 12.7. The SMILES string of the molecule is Cc1ncc(-c2ccc3cnc(NC(=O)C4CC5(C4)CN(CCF)C5)cc3c2)n1C. The van der Waals surface area contributed by atoms with Gasteiger partial charge in [-0.3, -0.25) is 9.69 Å². The number of fused-ring (bicyclic) bond motifs is 1. The number of likely N-dealkylation sites (tertiary alicyclic amines) is 1. The minimum atomic E-state index is -0.296. The molecule has 1 aliphatic heterocycles. The highest BCUT2D eigenvalue weighted by Gasteiger charge is 2.53. The average molecular weight is 407 g/mol. The summed E-state index contributed by atoms with van der Waals surface area (Å²) in [5, 5.41) is 5.05. The molecule has 7 heteroatoms. The fourth-order valence-electron chi connectivity index (χ4n) is 4.98. The molecule has 30 heavy (non-hydrogen) atoms. The van der Waals surface area contributed by atoms with E-state index in [2.05, 4.69) is 36.9 Å². The molecule has 6 nitrogen and oxygen atoms in total. The number of anilines is 1. The van der Waals surface area contributed by atoms with Crippen LogP contribution in [-0.4, -0.2) is 51.7 Å². The van der Waals surface area contributed by atoms with E-state index < -0.39 is 0 Å². The highest BCUT2D eigenvalue weighted by Crippen LogP contribution is 2.52. The van der Waals surface area contributed by atoms with Crippen molar-refractivity contribution < 1.29 is 9.18 Å². The number of amides is 1. The van der Waals surface area contributed by atoms with Gasteiger partial charge in [0.2, 0.25) is 5.91 Å². The van der Waals surface area contributed by atoms with Gasteiger partial charge in [0.15, 0.2) is 0 Å². The first-order chi connectivity index (χ1) is 14.5. The third-order valence-corrected chi connectivity index (χ3v) is 6.74. The largest absolute Gasteiger partial charge is 0.331 e. The Balaban J connectivity index is 1.27. The smallest absolute Gasteiger partial charge is 0.228 e. The molecule has 1 N–H and O–H groups in total. The average Bonchev–Trinajstić information content (AvgIpc) is 3.00. The number of halogens is 1. The zero-order chi connectivity index (χ0) is 20.9. The fraction of sp³-hybridized carbons (Fsp3) is 0.435. The van der Waals surface area contributed by atoms with Gasteiger partial charge in [0, 0.05) is 49.7 Å². The molecular formula is C23H26FN5O. The molecular weight excluding hydrogens is 381 g/mol. The molecule has 2 fully saturated rings. The Morgan fingerprint density at radius 1 is 1.20 bits per heavy atom. The van der Waals surface area contributed by atoms with Crippen molar-refractivity contribution in [3.05, 3.63) is 42.5 Å². The topological polar surface area (TPSA) is 63.1 Å². The first-order valence-corrected chi connectivity index (χ1v) is 10.4. The molecule has 1 saturated heterocycles. The summed E-state index contributed by atoms with van der Waals surface area (Å²) < 4.78 is 14.5. The number of pyridine rings is 1. The van der Waals surface area contributed by atoms with E-state index in [0.29, 0.717) is 12.4 Å². The summed E-state index contributed by atoms with van der Waals surface area (Å²) in [5.41, 5.74) is 2.38. The third kappa shape index (κ3) is 3.27. The van der Waals surface area contributed by atoms with Crippen molar-refractivity contribution in [3.8, 4) is 11.3 Å². The van der Waals surface area contributed by atoms with Crippen molar-refractivity contribution in [3.63, 3.8) is 0 Å². The number of carbonyl (C=O) groups is 1. The number of nitrogens with one attached hydrogen (secondary N) is 1. The quantitative estimate of drug-likeness (QED) is 0.702. The van der Waals surface area contributed by atoms with E-state index in [0.717, 1.165) is 53.8 Å². The Morgan fingerprint density at radius 2 is 2.00 bits per heavy atom. The second kappa shape index (κ2) is 7.16. The Bertz CT molecular complexity index is 1110. The van der Waals surface area contributed by atoms with Crippen LogP contribution >= 0.6 is 0 Å². The lowest BCUT2D eigenvalue weighted by molar-refractivity contribution is -0.139.